The van der Waals surface area contributed by atoms with Crippen LogP contribution in [0.4, 0.5) is 5.69 Å². The van der Waals surface area contributed by atoms with Crippen molar-refractivity contribution in [1.82, 2.24) is 0 Å². The van der Waals surface area contributed by atoms with Crippen LogP contribution in [0.1, 0.15) is 19.3 Å². The van der Waals surface area contributed by atoms with Gasteiger partial charge in [-0.2, -0.15) is 0 Å². The molecule has 82 valence electrons. The predicted octanol–water partition coefficient (Wildman–Crippen LogP) is 3.43. The Kier molecular flexibility index (Phi) is 4.03. The summed E-state index contributed by atoms with van der Waals surface area (Å²) in [6, 6.07) is 8.23. The van der Waals surface area contributed by atoms with E-state index in [4.69, 9.17) is 4.74 Å². The Labute approximate surface area is 99.1 Å². The van der Waals surface area contributed by atoms with E-state index in [-0.39, 0.29) is 0 Å². The molecule has 1 aliphatic heterocycles. The average Bonchev–Trinajstić information content (AvgIpc) is 2.28. The van der Waals surface area contributed by atoms with Crippen LogP contribution in [0.2, 0.25) is 0 Å². The third-order valence-corrected chi connectivity index (χ3v) is 3.13. The Bertz CT molecular complexity index is 310. The molecule has 0 aromatic heterocycles. The smallest absolute Gasteiger partial charge is 0.0747 e. The summed E-state index contributed by atoms with van der Waals surface area (Å²) in [5.74, 6) is 0. The van der Waals surface area contributed by atoms with Gasteiger partial charge in [-0.25, -0.2) is 0 Å². The van der Waals surface area contributed by atoms with E-state index < -0.39 is 0 Å². The van der Waals surface area contributed by atoms with Crippen LogP contribution in [-0.4, -0.2) is 19.3 Å². The molecule has 0 amide bonds. The highest BCUT2D eigenvalue weighted by Crippen LogP contribution is 2.17. The lowest BCUT2D eigenvalue weighted by molar-refractivity contribution is 0.0247. The van der Waals surface area contributed by atoms with Crippen molar-refractivity contribution in [3.63, 3.8) is 0 Å². The highest BCUT2D eigenvalue weighted by Gasteiger charge is 2.12. The Balaban J connectivity index is 1.81. The van der Waals surface area contributed by atoms with Gasteiger partial charge in [0.2, 0.25) is 0 Å². The molecular formula is C12H16BrNO. The first kappa shape index (κ1) is 11.0. The number of anilines is 1. The fourth-order valence-electron chi connectivity index (χ4n) is 1.80. The summed E-state index contributed by atoms with van der Waals surface area (Å²) >= 11 is 3.46. The van der Waals surface area contributed by atoms with Crippen molar-refractivity contribution >= 4 is 21.6 Å². The maximum atomic E-state index is 5.66. The van der Waals surface area contributed by atoms with Gasteiger partial charge in [0, 0.05) is 23.3 Å². The molecule has 0 bridgehead atoms. The third-order valence-electron chi connectivity index (χ3n) is 2.63. The number of benzene rings is 1. The molecule has 0 radical (unpaired) electrons. The first-order valence-electron chi connectivity index (χ1n) is 5.45. The first-order chi connectivity index (χ1) is 7.34. The summed E-state index contributed by atoms with van der Waals surface area (Å²) in [7, 11) is 0. The van der Waals surface area contributed by atoms with Gasteiger partial charge in [0.25, 0.3) is 0 Å². The van der Waals surface area contributed by atoms with Crippen LogP contribution in [0.3, 0.4) is 0 Å². The second kappa shape index (κ2) is 5.52. The van der Waals surface area contributed by atoms with E-state index >= 15 is 0 Å². The molecule has 0 spiro atoms. The van der Waals surface area contributed by atoms with Gasteiger partial charge < -0.3 is 10.1 Å². The normalized spacial score (nSPS) is 21.3. The Morgan fingerprint density at radius 2 is 2.33 bits per heavy atom. The number of hydrogen-bond acceptors (Lipinski definition) is 2. The molecule has 1 atom stereocenters. The third kappa shape index (κ3) is 3.50. The van der Waals surface area contributed by atoms with Crippen molar-refractivity contribution in [2.45, 2.75) is 25.4 Å². The number of hydrogen-bond donors (Lipinski definition) is 1. The number of ether oxygens (including phenoxy) is 1. The monoisotopic (exact) mass is 269 g/mol. The minimum atomic E-state index is 0.387. The molecule has 3 heteroatoms. The molecule has 1 unspecified atom stereocenters. The van der Waals surface area contributed by atoms with E-state index in [0.717, 1.165) is 23.3 Å². The molecular weight excluding hydrogens is 254 g/mol. The lowest BCUT2D eigenvalue weighted by Gasteiger charge is -2.23. The summed E-state index contributed by atoms with van der Waals surface area (Å²) in [5.41, 5.74) is 1.15. The molecule has 1 aliphatic rings. The summed E-state index contributed by atoms with van der Waals surface area (Å²) < 4.78 is 6.76. The van der Waals surface area contributed by atoms with Crippen LogP contribution in [0.5, 0.6) is 0 Å². The minimum Gasteiger partial charge on any atom is -0.382 e. The van der Waals surface area contributed by atoms with Crippen LogP contribution in [0.25, 0.3) is 0 Å². The minimum absolute atomic E-state index is 0.387. The van der Waals surface area contributed by atoms with Crippen LogP contribution in [-0.2, 0) is 4.74 Å². The molecule has 15 heavy (non-hydrogen) atoms. The zero-order valence-corrected chi connectivity index (χ0v) is 10.3. The second-order valence-electron chi connectivity index (χ2n) is 3.88. The van der Waals surface area contributed by atoms with Crippen LogP contribution >= 0.6 is 15.9 Å². The van der Waals surface area contributed by atoms with E-state index in [1.807, 2.05) is 12.1 Å². The van der Waals surface area contributed by atoms with Gasteiger partial charge in [-0.3, -0.25) is 0 Å². The molecule has 1 N–H and O–H groups in total. The summed E-state index contributed by atoms with van der Waals surface area (Å²) in [6.45, 7) is 1.83. The van der Waals surface area contributed by atoms with Gasteiger partial charge >= 0.3 is 0 Å². The van der Waals surface area contributed by atoms with Crippen molar-refractivity contribution in [3.05, 3.63) is 28.7 Å². The maximum absolute atomic E-state index is 5.66. The van der Waals surface area contributed by atoms with Gasteiger partial charge in [0.15, 0.2) is 0 Å². The zero-order chi connectivity index (χ0) is 10.5. The quantitative estimate of drug-likeness (QED) is 0.908. The fourth-order valence-corrected chi connectivity index (χ4v) is 2.20. The number of rotatable bonds is 3. The second-order valence-corrected chi connectivity index (χ2v) is 4.80. The summed E-state index contributed by atoms with van der Waals surface area (Å²) in [6.07, 6.45) is 4.08. The molecule has 1 saturated heterocycles. The van der Waals surface area contributed by atoms with E-state index in [1.54, 1.807) is 0 Å². The largest absolute Gasteiger partial charge is 0.382 e. The molecule has 2 nitrogen and oxygen atoms in total. The van der Waals surface area contributed by atoms with Crippen LogP contribution in [0, 0.1) is 0 Å². The van der Waals surface area contributed by atoms with Crippen molar-refractivity contribution in [3.8, 4) is 0 Å². The molecule has 2 rings (SSSR count). The standard InChI is InChI=1S/C12H16BrNO/c13-10-4-3-5-11(8-10)14-9-12-6-1-2-7-15-12/h3-5,8,12,14H,1-2,6-7,9H2. The summed E-state index contributed by atoms with van der Waals surface area (Å²) in [5, 5.41) is 3.40. The van der Waals surface area contributed by atoms with Crippen molar-refractivity contribution in [2.75, 3.05) is 18.5 Å². The van der Waals surface area contributed by atoms with Gasteiger partial charge in [-0.1, -0.05) is 22.0 Å². The van der Waals surface area contributed by atoms with E-state index in [9.17, 15) is 0 Å². The average molecular weight is 270 g/mol. The highest BCUT2D eigenvalue weighted by atomic mass is 79.9. The van der Waals surface area contributed by atoms with E-state index in [2.05, 4.69) is 33.4 Å². The Morgan fingerprint density at radius 1 is 1.40 bits per heavy atom. The Morgan fingerprint density at radius 3 is 3.07 bits per heavy atom. The number of halogens is 1. The van der Waals surface area contributed by atoms with Crippen molar-refractivity contribution < 1.29 is 4.74 Å². The number of nitrogens with one attached hydrogen (secondary N) is 1. The van der Waals surface area contributed by atoms with Gasteiger partial charge in [0.05, 0.1) is 6.10 Å². The fraction of sp³-hybridized carbons (Fsp3) is 0.500. The van der Waals surface area contributed by atoms with Crippen molar-refractivity contribution in [1.29, 1.82) is 0 Å². The maximum Gasteiger partial charge on any atom is 0.0747 e. The van der Waals surface area contributed by atoms with Crippen LogP contribution < -0.4 is 5.32 Å². The van der Waals surface area contributed by atoms with Gasteiger partial charge in [-0.15, -0.1) is 0 Å². The predicted molar refractivity (Wildman–Crippen MR) is 66.2 cm³/mol. The molecule has 1 heterocycles. The first-order valence-corrected chi connectivity index (χ1v) is 6.25. The zero-order valence-electron chi connectivity index (χ0n) is 8.71. The van der Waals surface area contributed by atoms with Gasteiger partial charge in [0.1, 0.15) is 0 Å². The van der Waals surface area contributed by atoms with E-state index in [0.29, 0.717) is 6.10 Å². The molecule has 1 aromatic rings. The molecule has 0 saturated carbocycles. The lowest BCUT2D eigenvalue weighted by atomic mass is 10.1. The highest BCUT2D eigenvalue weighted by molar-refractivity contribution is 9.10. The lowest BCUT2D eigenvalue weighted by Crippen LogP contribution is -2.26. The summed E-state index contributed by atoms with van der Waals surface area (Å²) in [4.78, 5) is 0. The van der Waals surface area contributed by atoms with E-state index in [1.165, 1.54) is 19.3 Å². The molecule has 0 aliphatic carbocycles. The molecule has 1 aromatic carbocycles. The van der Waals surface area contributed by atoms with Gasteiger partial charge in [-0.05, 0) is 37.5 Å². The SMILES string of the molecule is Brc1cccc(NCC2CCCCO2)c1. The van der Waals surface area contributed by atoms with Crippen molar-refractivity contribution in [2.24, 2.45) is 0 Å². The van der Waals surface area contributed by atoms with Crippen LogP contribution in [0.15, 0.2) is 28.7 Å². The Hall–Kier alpha value is -0.540. The topological polar surface area (TPSA) is 21.3 Å². The molecule has 1 fully saturated rings.